The monoisotopic (exact) mass is 450 g/mol. The zero-order chi connectivity index (χ0) is 16.4. The second-order valence-corrected chi connectivity index (χ2v) is 5.12. The second-order valence-electron chi connectivity index (χ2n) is 4.71. The summed E-state index contributed by atoms with van der Waals surface area (Å²) in [5, 5.41) is 9.50. The molecule has 1 aromatic rings. The third-order valence-electron chi connectivity index (χ3n) is 2.77. The SMILES string of the molecule is C=CCNC(=NCCC(=O)Nc1ccc(C)cc1Cl)NCC.I. The first-order chi connectivity index (χ1) is 10.6. The van der Waals surface area contributed by atoms with E-state index in [2.05, 4.69) is 27.5 Å². The highest BCUT2D eigenvalue weighted by molar-refractivity contribution is 14.0. The zero-order valence-corrected chi connectivity index (χ0v) is 16.6. The van der Waals surface area contributed by atoms with Crippen molar-refractivity contribution in [3.63, 3.8) is 0 Å². The van der Waals surface area contributed by atoms with E-state index in [1.807, 2.05) is 26.0 Å². The molecule has 5 nitrogen and oxygen atoms in total. The molecular weight excluding hydrogens is 427 g/mol. The lowest BCUT2D eigenvalue weighted by molar-refractivity contribution is -0.116. The van der Waals surface area contributed by atoms with Gasteiger partial charge in [-0.25, -0.2) is 0 Å². The third kappa shape index (κ3) is 8.80. The van der Waals surface area contributed by atoms with Crippen molar-refractivity contribution in [3.05, 3.63) is 41.4 Å². The van der Waals surface area contributed by atoms with E-state index in [9.17, 15) is 4.79 Å². The Balaban J connectivity index is 0.00000484. The first kappa shape index (κ1) is 21.7. The van der Waals surface area contributed by atoms with Crippen LogP contribution in [-0.2, 0) is 4.79 Å². The Morgan fingerprint density at radius 3 is 2.74 bits per heavy atom. The standard InChI is InChI=1S/C16H23ClN4O.HI/c1-4-9-19-16(18-5-2)20-10-8-15(22)21-14-7-6-12(3)11-13(14)17;/h4,6-7,11H,1,5,8-10H2,2-3H3,(H,21,22)(H2,18,19,20);1H. The van der Waals surface area contributed by atoms with Crippen LogP contribution >= 0.6 is 35.6 Å². The van der Waals surface area contributed by atoms with Crippen molar-refractivity contribution in [2.75, 3.05) is 25.0 Å². The molecule has 0 radical (unpaired) electrons. The first-order valence-electron chi connectivity index (χ1n) is 7.26. The summed E-state index contributed by atoms with van der Waals surface area (Å²) in [6, 6.07) is 5.52. The van der Waals surface area contributed by atoms with Crippen molar-refractivity contribution in [1.29, 1.82) is 0 Å². The van der Waals surface area contributed by atoms with Crippen LogP contribution in [-0.4, -0.2) is 31.5 Å². The van der Waals surface area contributed by atoms with E-state index < -0.39 is 0 Å². The number of nitrogens with zero attached hydrogens (tertiary/aromatic N) is 1. The van der Waals surface area contributed by atoms with E-state index in [1.165, 1.54) is 0 Å². The van der Waals surface area contributed by atoms with Crippen LogP contribution in [0, 0.1) is 6.92 Å². The number of amides is 1. The number of aliphatic imine (C=N–C) groups is 1. The Labute approximate surface area is 160 Å². The smallest absolute Gasteiger partial charge is 0.226 e. The van der Waals surface area contributed by atoms with Gasteiger partial charge in [0.15, 0.2) is 5.96 Å². The molecule has 0 atom stereocenters. The Morgan fingerprint density at radius 2 is 2.13 bits per heavy atom. The number of guanidine groups is 1. The van der Waals surface area contributed by atoms with Gasteiger partial charge in [0.05, 0.1) is 17.3 Å². The second kappa shape index (κ2) is 12.2. The lowest BCUT2D eigenvalue weighted by Crippen LogP contribution is -2.37. The van der Waals surface area contributed by atoms with Crippen LogP contribution in [0.25, 0.3) is 0 Å². The van der Waals surface area contributed by atoms with Crippen LogP contribution in [0.2, 0.25) is 5.02 Å². The Hall–Kier alpha value is -1.28. The average molecular weight is 451 g/mol. The summed E-state index contributed by atoms with van der Waals surface area (Å²) in [4.78, 5) is 16.2. The van der Waals surface area contributed by atoms with E-state index >= 15 is 0 Å². The van der Waals surface area contributed by atoms with Crippen molar-refractivity contribution < 1.29 is 4.79 Å². The predicted octanol–water partition coefficient (Wildman–Crippen LogP) is 3.34. The van der Waals surface area contributed by atoms with E-state index in [1.54, 1.807) is 12.1 Å². The average Bonchev–Trinajstić information content (AvgIpc) is 2.47. The highest BCUT2D eigenvalue weighted by Crippen LogP contribution is 2.22. The lowest BCUT2D eigenvalue weighted by Gasteiger charge is -2.10. The quantitative estimate of drug-likeness (QED) is 0.258. The number of benzene rings is 1. The molecule has 1 amide bonds. The van der Waals surface area contributed by atoms with Gasteiger partial charge in [-0.2, -0.15) is 0 Å². The maximum Gasteiger partial charge on any atom is 0.226 e. The summed E-state index contributed by atoms with van der Waals surface area (Å²) in [5.74, 6) is 0.553. The van der Waals surface area contributed by atoms with Crippen LogP contribution in [0.15, 0.2) is 35.8 Å². The van der Waals surface area contributed by atoms with Crippen molar-refractivity contribution in [2.45, 2.75) is 20.3 Å². The number of carbonyl (C=O) groups is 1. The van der Waals surface area contributed by atoms with Crippen LogP contribution < -0.4 is 16.0 Å². The molecule has 128 valence electrons. The molecule has 1 aromatic carbocycles. The molecular formula is C16H24ClIN4O. The largest absolute Gasteiger partial charge is 0.357 e. The number of rotatable bonds is 7. The molecule has 23 heavy (non-hydrogen) atoms. The van der Waals surface area contributed by atoms with Gasteiger partial charge in [-0.15, -0.1) is 30.6 Å². The van der Waals surface area contributed by atoms with Crippen molar-refractivity contribution >= 4 is 53.1 Å². The van der Waals surface area contributed by atoms with E-state index in [4.69, 9.17) is 11.6 Å². The van der Waals surface area contributed by atoms with Gasteiger partial charge in [0.2, 0.25) is 5.91 Å². The summed E-state index contributed by atoms with van der Waals surface area (Å²) in [5.41, 5.74) is 1.68. The lowest BCUT2D eigenvalue weighted by atomic mass is 10.2. The molecule has 1 rings (SSSR count). The van der Waals surface area contributed by atoms with Gasteiger partial charge in [0, 0.05) is 19.5 Å². The van der Waals surface area contributed by atoms with Crippen molar-refractivity contribution in [1.82, 2.24) is 10.6 Å². The summed E-state index contributed by atoms with van der Waals surface area (Å²) < 4.78 is 0. The number of hydrogen-bond donors (Lipinski definition) is 3. The third-order valence-corrected chi connectivity index (χ3v) is 3.08. The maximum absolute atomic E-state index is 11.9. The van der Waals surface area contributed by atoms with Crippen LogP contribution in [0.4, 0.5) is 5.69 Å². The fourth-order valence-electron chi connectivity index (χ4n) is 1.71. The van der Waals surface area contributed by atoms with Crippen molar-refractivity contribution in [3.8, 4) is 0 Å². The fourth-order valence-corrected chi connectivity index (χ4v) is 2.00. The molecule has 0 saturated heterocycles. The molecule has 0 aliphatic carbocycles. The van der Waals surface area contributed by atoms with Crippen LogP contribution in [0.1, 0.15) is 18.9 Å². The number of aryl methyl sites for hydroxylation is 1. The molecule has 0 spiro atoms. The molecule has 7 heteroatoms. The predicted molar refractivity (Wildman–Crippen MR) is 109 cm³/mol. The molecule has 0 aliphatic heterocycles. The topological polar surface area (TPSA) is 65.5 Å². The van der Waals surface area contributed by atoms with Gasteiger partial charge in [0.25, 0.3) is 0 Å². The fraction of sp³-hybridized carbons (Fsp3) is 0.375. The normalized spacial score (nSPS) is 10.5. The van der Waals surface area contributed by atoms with Crippen LogP contribution in [0.3, 0.4) is 0 Å². The molecule has 0 aromatic heterocycles. The number of halogens is 2. The Morgan fingerprint density at radius 1 is 1.39 bits per heavy atom. The summed E-state index contributed by atoms with van der Waals surface area (Å²) in [6.07, 6.45) is 2.04. The highest BCUT2D eigenvalue weighted by atomic mass is 127. The minimum atomic E-state index is -0.117. The maximum atomic E-state index is 11.9. The van der Waals surface area contributed by atoms with Crippen LogP contribution in [0.5, 0.6) is 0 Å². The highest BCUT2D eigenvalue weighted by Gasteiger charge is 2.06. The molecule has 3 N–H and O–H groups in total. The van der Waals surface area contributed by atoms with E-state index in [0.29, 0.717) is 29.8 Å². The van der Waals surface area contributed by atoms with Gasteiger partial charge >= 0.3 is 0 Å². The first-order valence-corrected chi connectivity index (χ1v) is 7.63. The molecule has 0 unspecified atom stereocenters. The molecule has 0 bridgehead atoms. The minimum absolute atomic E-state index is 0. The van der Waals surface area contributed by atoms with Gasteiger partial charge < -0.3 is 16.0 Å². The van der Waals surface area contributed by atoms with Gasteiger partial charge in [-0.05, 0) is 31.5 Å². The molecule has 0 fully saturated rings. The van der Waals surface area contributed by atoms with E-state index in [0.717, 1.165) is 12.1 Å². The number of carbonyl (C=O) groups excluding carboxylic acids is 1. The van der Waals surface area contributed by atoms with Gasteiger partial charge in [0.1, 0.15) is 0 Å². The minimum Gasteiger partial charge on any atom is -0.357 e. The van der Waals surface area contributed by atoms with Gasteiger partial charge in [-0.1, -0.05) is 23.7 Å². The van der Waals surface area contributed by atoms with Crippen molar-refractivity contribution in [2.24, 2.45) is 4.99 Å². The van der Waals surface area contributed by atoms with E-state index in [-0.39, 0.29) is 36.3 Å². The summed E-state index contributed by atoms with van der Waals surface area (Å²) in [6.45, 7) is 9.34. The molecule has 0 heterocycles. The Bertz CT molecular complexity index is 549. The number of nitrogens with one attached hydrogen (secondary N) is 3. The zero-order valence-electron chi connectivity index (χ0n) is 13.5. The molecule has 0 saturated carbocycles. The van der Waals surface area contributed by atoms with Gasteiger partial charge in [-0.3, -0.25) is 9.79 Å². The number of hydrogen-bond acceptors (Lipinski definition) is 2. The Kier molecular flexibility index (Phi) is 11.5. The summed E-state index contributed by atoms with van der Waals surface area (Å²) >= 11 is 6.08. The number of anilines is 1. The summed E-state index contributed by atoms with van der Waals surface area (Å²) in [7, 11) is 0. The molecule has 0 aliphatic rings.